The normalized spacial score (nSPS) is 46.8. The molecule has 6 heterocycles. The van der Waals surface area contributed by atoms with Crippen LogP contribution in [0, 0.1) is 11.3 Å². The fourth-order valence-corrected chi connectivity index (χ4v) is 6.77. The van der Waals surface area contributed by atoms with Crippen LogP contribution in [-0.2, 0) is 14.3 Å². The van der Waals surface area contributed by atoms with Gasteiger partial charge in [-0.2, -0.15) is 0 Å². The third kappa shape index (κ3) is 1.47. The molecule has 4 bridgehead atoms. The molecular formula is C21H22N2O4. The van der Waals surface area contributed by atoms with E-state index in [1.807, 2.05) is 31.2 Å². The lowest BCUT2D eigenvalue weighted by Gasteiger charge is -2.55. The van der Waals surface area contributed by atoms with Crippen molar-refractivity contribution in [1.82, 2.24) is 4.90 Å². The number of carbonyl (C=O) groups is 2. The summed E-state index contributed by atoms with van der Waals surface area (Å²) in [6.45, 7) is 3.14. The van der Waals surface area contributed by atoms with Crippen LogP contribution in [0.5, 0.6) is 0 Å². The van der Waals surface area contributed by atoms with Crippen molar-refractivity contribution in [3.8, 4) is 0 Å². The van der Waals surface area contributed by atoms with E-state index in [1.54, 1.807) is 0 Å². The van der Waals surface area contributed by atoms with Gasteiger partial charge in [-0.3, -0.25) is 14.5 Å². The van der Waals surface area contributed by atoms with Gasteiger partial charge in [0.05, 0.1) is 19.8 Å². The Hall–Kier alpha value is -2.18. The van der Waals surface area contributed by atoms with Gasteiger partial charge in [0.15, 0.2) is 5.78 Å². The summed E-state index contributed by atoms with van der Waals surface area (Å²) in [5.41, 5.74) is 1.34. The van der Waals surface area contributed by atoms with E-state index >= 15 is 0 Å². The maximum Gasteiger partial charge on any atom is 0.316 e. The highest BCUT2D eigenvalue weighted by Gasteiger charge is 2.81. The number of hydrogen-bond acceptors (Lipinski definition) is 6. The Morgan fingerprint density at radius 1 is 1.41 bits per heavy atom. The van der Waals surface area contributed by atoms with Crippen LogP contribution in [-0.4, -0.2) is 60.6 Å². The van der Waals surface area contributed by atoms with Gasteiger partial charge in [-0.1, -0.05) is 23.8 Å². The minimum absolute atomic E-state index is 0.0270. The summed E-state index contributed by atoms with van der Waals surface area (Å²) in [7, 11) is 1.45. The summed E-state index contributed by atoms with van der Waals surface area (Å²) in [6.07, 6.45) is 2.56. The van der Waals surface area contributed by atoms with E-state index in [1.165, 1.54) is 12.7 Å². The highest BCUT2D eigenvalue weighted by Crippen LogP contribution is 2.65. The largest absolute Gasteiger partial charge is 0.468 e. The number of carbonyl (C=O) groups excluding carboxylic acids is 2. The highest BCUT2D eigenvalue weighted by molar-refractivity contribution is 6.15. The highest BCUT2D eigenvalue weighted by atomic mass is 16.5. The van der Waals surface area contributed by atoms with E-state index in [4.69, 9.17) is 9.47 Å². The Labute approximate surface area is 157 Å². The summed E-state index contributed by atoms with van der Waals surface area (Å²) in [5, 5.41) is 3.56. The molecule has 5 saturated heterocycles. The zero-order chi connectivity index (χ0) is 18.6. The summed E-state index contributed by atoms with van der Waals surface area (Å²) >= 11 is 0. The van der Waals surface area contributed by atoms with Crippen LogP contribution in [0.1, 0.15) is 23.7 Å². The molecule has 6 aliphatic heterocycles. The van der Waals surface area contributed by atoms with Crippen LogP contribution in [0.15, 0.2) is 35.9 Å². The number of rotatable bonds is 1. The molecule has 27 heavy (non-hydrogen) atoms. The molecule has 0 aliphatic carbocycles. The quantitative estimate of drug-likeness (QED) is 0.602. The van der Waals surface area contributed by atoms with E-state index in [0.717, 1.165) is 24.2 Å². The van der Waals surface area contributed by atoms with Crippen molar-refractivity contribution in [2.24, 2.45) is 11.3 Å². The minimum atomic E-state index is -0.807. The third-order valence-corrected chi connectivity index (χ3v) is 7.77. The van der Waals surface area contributed by atoms with Crippen LogP contribution in [0.3, 0.4) is 0 Å². The number of para-hydroxylation sites is 1. The Morgan fingerprint density at radius 3 is 2.96 bits per heavy atom. The first-order valence-corrected chi connectivity index (χ1v) is 9.62. The lowest BCUT2D eigenvalue weighted by molar-refractivity contribution is -0.167. The lowest BCUT2D eigenvalue weighted by Crippen LogP contribution is -2.67. The zero-order valence-electron chi connectivity index (χ0n) is 15.4. The first-order chi connectivity index (χ1) is 13.1. The number of methoxy groups -OCH3 is 1. The molecule has 6 heteroatoms. The number of allylic oxidation sites excluding steroid dienone is 1. The lowest BCUT2D eigenvalue weighted by atomic mass is 9.61. The van der Waals surface area contributed by atoms with Crippen molar-refractivity contribution in [3.05, 3.63) is 41.5 Å². The van der Waals surface area contributed by atoms with E-state index < -0.39 is 11.0 Å². The summed E-state index contributed by atoms with van der Waals surface area (Å²) < 4.78 is 11.6. The Morgan fingerprint density at radius 2 is 2.22 bits per heavy atom. The average molecular weight is 366 g/mol. The molecule has 7 rings (SSSR count). The Bertz CT molecular complexity index is 927. The minimum Gasteiger partial charge on any atom is -0.468 e. The zero-order valence-corrected chi connectivity index (χ0v) is 15.4. The number of ketones is 1. The fraction of sp³-hybridized carbons (Fsp3) is 0.524. The molecule has 1 aromatic rings. The second-order valence-corrected chi connectivity index (χ2v) is 8.42. The summed E-state index contributed by atoms with van der Waals surface area (Å²) in [6, 6.07) is 7.59. The van der Waals surface area contributed by atoms with Crippen LogP contribution in [0.4, 0.5) is 5.69 Å². The van der Waals surface area contributed by atoms with Gasteiger partial charge in [-0.05, 0) is 25.5 Å². The van der Waals surface area contributed by atoms with Crippen molar-refractivity contribution >= 4 is 17.4 Å². The fourth-order valence-electron chi connectivity index (χ4n) is 6.77. The molecule has 1 N–H and O–H groups in total. The molecule has 1 aromatic carbocycles. The molecule has 0 amide bonds. The second-order valence-electron chi connectivity index (χ2n) is 8.42. The first kappa shape index (κ1) is 15.8. The number of esters is 1. The maximum absolute atomic E-state index is 13.6. The van der Waals surface area contributed by atoms with Gasteiger partial charge in [0.2, 0.25) is 0 Å². The van der Waals surface area contributed by atoms with Gasteiger partial charge >= 0.3 is 5.97 Å². The predicted molar refractivity (Wildman–Crippen MR) is 97.5 cm³/mol. The van der Waals surface area contributed by atoms with Crippen LogP contribution in [0.2, 0.25) is 0 Å². The number of Topliss-reactive ketones (excluding diaryl/α,β-unsaturated/α-hetero) is 1. The first-order valence-electron chi connectivity index (χ1n) is 9.62. The van der Waals surface area contributed by atoms with Crippen LogP contribution in [0.25, 0.3) is 0 Å². The van der Waals surface area contributed by atoms with Gasteiger partial charge in [-0.15, -0.1) is 0 Å². The molecule has 7 atom stereocenters. The predicted octanol–water partition coefficient (Wildman–Crippen LogP) is 1.62. The van der Waals surface area contributed by atoms with Crippen LogP contribution >= 0.6 is 0 Å². The van der Waals surface area contributed by atoms with Gasteiger partial charge in [0.25, 0.3) is 0 Å². The number of hydrogen-bond donors (Lipinski definition) is 1. The van der Waals surface area contributed by atoms with Crippen molar-refractivity contribution in [3.63, 3.8) is 0 Å². The number of anilines is 1. The number of benzene rings is 1. The molecule has 7 unspecified atom stereocenters. The smallest absolute Gasteiger partial charge is 0.316 e. The van der Waals surface area contributed by atoms with E-state index in [-0.39, 0.29) is 35.9 Å². The van der Waals surface area contributed by atoms with Gasteiger partial charge < -0.3 is 14.8 Å². The second kappa shape index (κ2) is 4.80. The van der Waals surface area contributed by atoms with Crippen LogP contribution < -0.4 is 5.32 Å². The Balaban J connectivity index is 1.56. The summed E-state index contributed by atoms with van der Waals surface area (Å²) in [5.74, 6) is -0.0361. The van der Waals surface area contributed by atoms with E-state index in [2.05, 4.69) is 16.3 Å². The number of nitrogens with one attached hydrogen (secondary N) is 1. The monoisotopic (exact) mass is 366 g/mol. The van der Waals surface area contributed by atoms with Gasteiger partial charge in [0.1, 0.15) is 17.1 Å². The van der Waals surface area contributed by atoms with Gasteiger partial charge in [-0.25, -0.2) is 0 Å². The molecule has 0 aromatic heterocycles. The molecular weight excluding hydrogens is 344 g/mol. The molecule has 6 nitrogen and oxygen atoms in total. The number of nitrogens with zero attached hydrogens (tertiary/aromatic N) is 1. The standard InChI is InChI=1S/C21H22N2O4/c1-3-11-9-23-15-8-13(11)20(19(25)26-2)10-27-18(16(20)23)21(15)17(24)12-6-4-5-7-14(12)22-21/h3-7,13,15-16,18,22H,8-10H2,1-2H3/b11-3-. The molecule has 5 fully saturated rings. The van der Waals surface area contributed by atoms with Crippen molar-refractivity contribution in [1.29, 1.82) is 0 Å². The van der Waals surface area contributed by atoms with Crippen molar-refractivity contribution in [2.75, 3.05) is 25.6 Å². The molecule has 0 saturated carbocycles. The Kier molecular flexibility index (Phi) is 2.82. The molecule has 1 spiro atoms. The molecule has 140 valence electrons. The third-order valence-electron chi connectivity index (χ3n) is 7.77. The molecule has 6 aliphatic rings. The SMILES string of the molecule is C/C=C1/CN2C3C4OCC3(C(=O)OC)C1CC2C41Nc2ccccc2C1=O. The number of fused-ring (bicyclic) bond motifs is 3. The average Bonchev–Trinajstić information content (AvgIpc) is 3.32. The molecule has 0 radical (unpaired) electrons. The summed E-state index contributed by atoms with van der Waals surface area (Å²) in [4.78, 5) is 29.0. The van der Waals surface area contributed by atoms with E-state index in [9.17, 15) is 9.59 Å². The maximum atomic E-state index is 13.6. The number of piperidine rings is 3. The van der Waals surface area contributed by atoms with Crippen molar-refractivity contribution < 1.29 is 19.1 Å². The van der Waals surface area contributed by atoms with E-state index in [0.29, 0.717) is 6.61 Å². The van der Waals surface area contributed by atoms with Crippen molar-refractivity contribution in [2.45, 2.75) is 37.1 Å². The van der Waals surface area contributed by atoms with Gasteiger partial charge in [0, 0.05) is 29.8 Å². The topological polar surface area (TPSA) is 67.9 Å². The number of ether oxygens (including phenoxy) is 2.